The monoisotopic (exact) mass is 295 g/mol. The first kappa shape index (κ1) is 15.8. The van der Waals surface area contributed by atoms with Crippen LogP contribution in [-0.2, 0) is 0 Å². The van der Waals surface area contributed by atoms with Crippen molar-refractivity contribution in [2.45, 2.75) is 19.4 Å². The number of hydrogen-bond donors (Lipinski definition) is 2. The van der Waals surface area contributed by atoms with Crippen LogP contribution in [-0.4, -0.2) is 35.1 Å². The molecule has 0 saturated carbocycles. The van der Waals surface area contributed by atoms with Crippen molar-refractivity contribution in [2.24, 2.45) is 0 Å². The number of hydrogen-bond acceptors (Lipinski definition) is 3. The van der Waals surface area contributed by atoms with Gasteiger partial charge in [0.2, 0.25) is 0 Å². The van der Waals surface area contributed by atoms with Crippen LogP contribution in [0.15, 0.2) is 18.2 Å². The van der Waals surface area contributed by atoms with Crippen molar-refractivity contribution < 1.29 is 14.7 Å². The molecule has 0 heterocycles. The number of aromatic carboxylic acids is 1. The molecule has 0 aliphatic rings. The van der Waals surface area contributed by atoms with Gasteiger partial charge in [-0.15, -0.1) is 0 Å². The van der Waals surface area contributed by atoms with Gasteiger partial charge in [0.25, 0.3) is 0 Å². The number of rotatable bonds is 4. The SMILES string of the molecule is CC(CC#N)N(C)C(=O)Nc1cc(Cl)ccc1C(=O)O. The lowest BCUT2D eigenvalue weighted by molar-refractivity contribution is 0.0698. The highest BCUT2D eigenvalue weighted by molar-refractivity contribution is 6.31. The van der Waals surface area contributed by atoms with Crippen LogP contribution in [0.4, 0.5) is 10.5 Å². The Kier molecular flexibility index (Phi) is 5.35. The third-order valence-electron chi connectivity index (χ3n) is 2.82. The summed E-state index contributed by atoms with van der Waals surface area (Å²) in [6, 6.07) is 5.30. The van der Waals surface area contributed by atoms with E-state index >= 15 is 0 Å². The molecule has 106 valence electrons. The predicted molar refractivity (Wildman–Crippen MR) is 74.9 cm³/mol. The average molecular weight is 296 g/mol. The number of nitrogens with one attached hydrogen (secondary N) is 1. The molecule has 1 aromatic rings. The van der Waals surface area contributed by atoms with Crippen molar-refractivity contribution in [1.29, 1.82) is 5.26 Å². The van der Waals surface area contributed by atoms with E-state index < -0.39 is 12.0 Å². The fraction of sp³-hybridized carbons (Fsp3) is 0.308. The van der Waals surface area contributed by atoms with E-state index in [2.05, 4.69) is 5.32 Å². The number of nitriles is 1. The lowest BCUT2D eigenvalue weighted by atomic mass is 10.2. The van der Waals surface area contributed by atoms with Gasteiger partial charge >= 0.3 is 12.0 Å². The maximum atomic E-state index is 12.0. The lowest BCUT2D eigenvalue weighted by Gasteiger charge is -2.23. The Labute approximate surface area is 121 Å². The molecule has 1 aromatic carbocycles. The van der Waals surface area contributed by atoms with Crippen LogP contribution in [0.25, 0.3) is 0 Å². The average Bonchev–Trinajstić information content (AvgIpc) is 2.37. The first-order valence-corrected chi connectivity index (χ1v) is 6.18. The Morgan fingerprint density at radius 1 is 1.55 bits per heavy atom. The Morgan fingerprint density at radius 2 is 2.20 bits per heavy atom. The van der Waals surface area contributed by atoms with Crippen molar-refractivity contribution in [3.63, 3.8) is 0 Å². The zero-order valence-electron chi connectivity index (χ0n) is 11.1. The Morgan fingerprint density at radius 3 is 2.75 bits per heavy atom. The van der Waals surface area contributed by atoms with E-state index in [1.807, 2.05) is 6.07 Å². The van der Waals surface area contributed by atoms with Crippen LogP contribution < -0.4 is 5.32 Å². The van der Waals surface area contributed by atoms with Crippen LogP contribution in [0, 0.1) is 11.3 Å². The van der Waals surface area contributed by atoms with Gasteiger partial charge in [-0.25, -0.2) is 9.59 Å². The normalized spacial score (nSPS) is 11.3. The summed E-state index contributed by atoms with van der Waals surface area (Å²) in [5, 5.41) is 20.5. The van der Waals surface area contributed by atoms with Crippen molar-refractivity contribution in [3.8, 4) is 6.07 Å². The second-order valence-electron chi connectivity index (χ2n) is 4.25. The highest BCUT2D eigenvalue weighted by atomic mass is 35.5. The summed E-state index contributed by atoms with van der Waals surface area (Å²) in [6.07, 6.45) is 0.186. The summed E-state index contributed by atoms with van der Waals surface area (Å²) in [6.45, 7) is 1.72. The smallest absolute Gasteiger partial charge is 0.337 e. The summed E-state index contributed by atoms with van der Waals surface area (Å²) in [4.78, 5) is 24.4. The number of carboxylic acids is 1. The van der Waals surface area contributed by atoms with Crippen molar-refractivity contribution >= 4 is 29.3 Å². The maximum absolute atomic E-state index is 12.0. The number of anilines is 1. The van der Waals surface area contributed by atoms with E-state index in [9.17, 15) is 9.59 Å². The molecule has 0 saturated heterocycles. The third-order valence-corrected chi connectivity index (χ3v) is 3.06. The quantitative estimate of drug-likeness (QED) is 0.893. The number of carbonyl (C=O) groups is 2. The first-order chi connectivity index (χ1) is 9.36. The third kappa shape index (κ3) is 3.87. The number of urea groups is 1. The second kappa shape index (κ2) is 6.78. The van der Waals surface area contributed by atoms with Gasteiger partial charge in [0, 0.05) is 18.1 Å². The second-order valence-corrected chi connectivity index (χ2v) is 4.68. The van der Waals surface area contributed by atoms with Gasteiger partial charge in [0.15, 0.2) is 0 Å². The van der Waals surface area contributed by atoms with Crippen LogP contribution in [0.5, 0.6) is 0 Å². The molecule has 2 N–H and O–H groups in total. The topological polar surface area (TPSA) is 93.4 Å². The van der Waals surface area contributed by atoms with Gasteiger partial charge in [0.1, 0.15) is 0 Å². The maximum Gasteiger partial charge on any atom is 0.337 e. The fourth-order valence-corrected chi connectivity index (χ4v) is 1.65. The molecule has 0 aliphatic carbocycles. The van der Waals surface area contributed by atoms with Crippen LogP contribution >= 0.6 is 11.6 Å². The van der Waals surface area contributed by atoms with E-state index in [4.69, 9.17) is 22.0 Å². The van der Waals surface area contributed by atoms with Crippen LogP contribution in [0.2, 0.25) is 5.02 Å². The summed E-state index contributed by atoms with van der Waals surface area (Å²) in [5.74, 6) is -1.16. The zero-order chi connectivity index (χ0) is 15.3. The van der Waals surface area contributed by atoms with E-state index in [0.29, 0.717) is 5.02 Å². The molecule has 1 rings (SSSR count). The number of amides is 2. The standard InChI is InChI=1S/C13H14ClN3O3/c1-8(5-6-15)17(2)13(20)16-11-7-9(14)3-4-10(11)12(18)19/h3-4,7-8H,5H2,1-2H3,(H,16,20)(H,18,19). The summed E-state index contributed by atoms with van der Waals surface area (Å²) in [7, 11) is 1.53. The molecule has 1 unspecified atom stereocenters. The Hall–Kier alpha value is -2.26. The van der Waals surface area contributed by atoms with Gasteiger partial charge in [0.05, 0.1) is 23.7 Å². The van der Waals surface area contributed by atoms with Crippen molar-refractivity contribution in [1.82, 2.24) is 4.90 Å². The summed E-state index contributed by atoms with van der Waals surface area (Å²) >= 11 is 5.80. The Bertz CT molecular complexity index is 568. The van der Waals surface area contributed by atoms with Gasteiger partial charge in [-0.3, -0.25) is 0 Å². The molecule has 0 aromatic heterocycles. The number of carbonyl (C=O) groups excluding carboxylic acids is 1. The molecule has 0 aliphatic heterocycles. The van der Waals surface area contributed by atoms with Gasteiger partial charge in [-0.1, -0.05) is 11.6 Å². The molecular weight excluding hydrogens is 282 g/mol. The van der Waals surface area contributed by atoms with Crippen molar-refractivity contribution in [3.05, 3.63) is 28.8 Å². The first-order valence-electron chi connectivity index (χ1n) is 5.80. The molecule has 6 nitrogen and oxygen atoms in total. The summed E-state index contributed by atoms with van der Waals surface area (Å²) in [5.41, 5.74) is 0.0649. The number of carboxylic acid groups (broad SMARTS) is 1. The van der Waals surface area contributed by atoms with E-state index in [1.54, 1.807) is 6.92 Å². The van der Waals surface area contributed by atoms with Crippen LogP contribution in [0.3, 0.4) is 0 Å². The number of benzene rings is 1. The molecule has 2 amide bonds. The minimum Gasteiger partial charge on any atom is -0.478 e. The lowest BCUT2D eigenvalue weighted by Crippen LogP contribution is -2.38. The molecule has 0 fully saturated rings. The minimum atomic E-state index is -1.16. The van der Waals surface area contributed by atoms with Crippen LogP contribution in [0.1, 0.15) is 23.7 Å². The van der Waals surface area contributed by atoms with E-state index in [1.165, 1.54) is 30.1 Å². The van der Waals surface area contributed by atoms with Gasteiger partial charge in [-0.05, 0) is 25.1 Å². The van der Waals surface area contributed by atoms with E-state index in [-0.39, 0.29) is 23.7 Å². The predicted octanol–water partition coefficient (Wildman–Crippen LogP) is 2.80. The molecule has 1 atom stereocenters. The highest BCUT2D eigenvalue weighted by Gasteiger charge is 2.18. The largest absolute Gasteiger partial charge is 0.478 e. The number of nitrogens with zero attached hydrogens (tertiary/aromatic N) is 2. The fourth-order valence-electron chi connectivity index (χ4n) is 1.48. The molecule has 7 heteroatoms. The molecule has 0 bridgehead atoms. The highest BCUT2D eigenvalue weighted by Crippen LogP contribution is 2.21. The molecule has 0 spiro atoms. The zero-order valence-corrected chi connectivity index (χ0v) is 11.8. The molecule has 20 heavy (non-hydrogen) atoms. The van der Waals surface area contributed by atoms with Crippen molar-refractivity contribution in [2.75, 3.05) is 12.4 Å². The molecule has 0 radical (unpaired) electrons. The summed E-state index contributed by atoms with van der Waals surface area (Å²) < 4.78 is 0. The number of halogens is 1. The van der Waals surface area contributed by atoms with Gasteiger partial charge < -0.3 is 15.3 Å². The van der Waals surface area contributed by atoms with Gasteiger partial charge in [-0.2, -0.15) is 5.26 Å². The molecular formula is C13H14ClN3O3. The van der Waals surface area contributed by atoms with E-state index in [0.717, 1.165) is 0 Å². The minimum absolute atomic E-state index is 0.0518. The Balaban J connectivity index is 2.93.